The standard InChI is InChI=1S/C18H28N2O2/c1-3-15(2)22-17-10-8-16(9-11-17)19-14-18(21)20-12-6-4-5-7-13-20/h8-11,15,19H,3-7,12-14H2,1-2H3. The largest absolute Gasteiger partial charge is 0.491 e. The highest BCUT2D eigenvalue weighted by Gasteiger charge is 2.14. The van der Waals surface area contributed by atoms with Crippen molar-refractivity contribution in [3.63, 3.8) is 0 Å². The summed E-state index contributed by atoms with van der Waals surface area (Å²) in [4.78, 5) is 14.2. The van der Waals surface area contributed by atoms with Gasteiger partial charge in [-0.2, -0.15) is 0 Å². The third kappa shape index (κ3) is 5.24. The summed E-state index contributed by atoms with van der Waals surface area (Å²) in [5, 5.41) is 3.21. The Bertz CT molecular complexity index is 451. The highest BCUT2D eigenvalue weighted by molar-refractivity contribution is 5.80. The van der Waals surface area contributed by atoms with E-state index < -0.39 is 0 Å². The molecule has 0 radical (unpaired) electrons. The number of nitrogens with zero attached hydrogens (tertiary/aromatic N) is 1. The molecule has 4 heteroatoms. The summed E-state index contributed by atoms with van der Waals surface area (Å²) in [6, 6.07) is 7.83. The van der Waals surface area contributed by atoms with Gasteiger partial charge in [0, 0.05) is 18.8 Å². The Morgan fingerprint density at radius 1 is 1.18 bits per heavy atom. The molecule has 1 fully saturated rings. The van der Waals surface area contributed by atoms with Crippen LogP contribution < -0.4 is 10.1 Å². The fourth-order valence-electron chi connectivity index (χ4n) is 2.58. The second kappa shape index (κ2) is 8.66. The molecule has 0 aliphatic carbocycles. The second-order valence-electron chi connectivity index (χ2n) is 6.01. The van der Waals surface area contributed by atoms with E-state index >= 15 is 0 Å². The van der Waals surface area contributed by atoms with Gasteiger partial charge < -0.3 is 15.0 Å². The van der Waals surface area contributed by atoms with Crippen molar-refractivity contribution in [1.82, 2.24) is 4.90 Å². The zero-order valence-electron chi connectivity index (χ0n) is 13.8. The van der Waals surface area contributed by atoms with Crippen molar-refractivity contribution in [3.05, 3.63) is 24.3 Å². The molecule has 1 aliphatic heterocycles. The lowest BCUT2D eigenvalue weighted by Gasteiger charge is -2.20. The van der Waals surface area contributed by atoms with Crippen molar-refractivity contribution in [2.45, 2.75) is 52.1 Å². The number of carbonyl (C=O) groups is 1. The number of rotatable bonds is 6. The second-order valence-corrected chi connectivity index (χ2v) is 6.01. The normalized spacial score (nSPS) is 16.7. The summed E-state index contributed by atoms with van der Waals surface area (Å²) in [5.41, 5.74) is 0.958. The van der Waals surface area contributed by atoms with Crippen LogP contribution in [-0.2, 0) is 4.79 Å². The van der Waals surface area contributed by atoms with E-state index in [4.69, 9.17) is 4.74 Å². The average molecular weight is 304 g/mol. The van der Waals surface area contributed by atoms with Crippen LogP contribution >= 0.6 is 0 Å². The van der Waals surface area contributed by atoms with Gasteiger partial charge in [0.05, 0.1) is 12.6 Å². The minimum Gasteiger partial charge on any atom is -0.491 e. The van der Waals surface area contributed by atoms with E-state index in [1.54, 1.807) is 0 Å². The molecule has 0 bridgehead atoms. The Balaban J connectivity index is 1.79. The van der Waals surface area contributed by atoms with Crippen LogP contribution in [0, 0.1) is 0 Å². The SMILES string of the molecule is CCC(C)Oc1ccc(NCC(=O)N2CCCCCC2)cc1. The molecule has 1 N–H and O–H groups in total. The molecule has 2 rings (SSSR count). The molecule has 1 heterocycles. The molecule has 1 aliphatic rings. The molecular weight excluding hydrogens is 276 g/mol. The fourth-order valence-corrected chi connectivity index (χ4v) is 2.58. The molecule has 122 valence electrons. The van der Waals surface area contributed by atoms with Crippen LogP contribution in [0.1, 0.15) is 46.0 Å². The lowest BCUT2D eigenvalue weighted by atomic mass is 10.2. The number of ether oxygens (including phenoxy) is 1. The third-order valence-electron chi connectivity index (χ3n) is 4.17. The topological polar surface area (TPSA) is 41.6 Å². The molecule has 1 unspecified atom stereocenters. The van der Waals surface area contributed by atoms with Gasteiger partial charge >= 0.3 is 0 Å². The Hall–Kier alpha value is -1.71. The molecule has 1 aromatic rings. The monoisotopic (exact) mass is 304 g/mol. The maximum Gasteiger partial charge on any atom is 0.241 e. The molecule has 0 spiro atoms. The third-order valence-corrected chi connectivity index (χ3v) is 4.17. The number of anilines is 1. The lowest BCUT2D eigenvalue weighted by Crippen LogP contribution is -2.36. The molecule has 0 saturated carbocycles. The number of nitrogens with one attached hydrogen (secondary N) is 1. The summed E-state index contributed by atoms with van der Waals surface area (Å²) in [6.07, 6.45) is 5.97. The highest BCUT2D eigenvalue weighted by atomic mass is 16.5. The molecule has 1 atom stereocenters. The number of amides is 1. The summed E-state index contributed by atoms with van der Waals surface area (Å²) in [5.74, 6) is 1.07. The Kier molecular flexibility index (Phi) is 6.56. The maximum absolute atomic E-state index is 12.2. The maximum atomic E-state index is 12.2. The Morgan fingerprint density at radius 3 is 2.41 bits per heavy atom. The number of likely N-dealkylation sites (tertiary alicyclic amines) is 1. The zero-order chi connectivity index (χ0) is 15.8. The van der Waals surface area contributed by atoms with Crippen molar-refractivity contribution >= 4 is 11.6 Å². The smallest absolute Gasteiger partial charge is 0.241 e. The van der Waals surface area contributed by atoms with Gasteiger partial charge in [0.2, 0.25) is 5.91 Å². The first-order valence-corrected chi connectivity index (χ1v) is 8.47. The molecule has 0 aromatic heterocycles. The predicted molar refractivity (Wildman–Crippen MR) is 90.4 cm³/mol. The van der Waals surface area contributed by atoms with Crippen molar-refractivity contribution in [1.29, 1.82) is 0 Å². The molecule has 1 amide bonds. The number of carbonyl (C=O) groups excluding carboxylic acids is 1. The summed E-state index contributed by atoms with van der Waals surface area (Å²) in [7, 11) is 0. The van der Waals surface area contributed by atoms with Crippen LogP contribution in [0.25, 0.3) is 0 Å². The first kappa shape index (κ1) is 16.7. The zero-order valence-corrected chi connectivity index (χ0v) is 13.8. The van der Waals surface area contributed by atoms with Crippen LogP contribution in [0.5, 0.6) is 5.75 Å². The fraction of sp³-hybridized carbons (Fsp3) is 0.611. The van der Waals surface area contributed by atoms with Crippen molar-refractivity contribution in [2.24, 2.45) is 0 Å². The summed E-state index contributed by atoms with van der Waals surface area (Å²) >= 11 is 0. The van der Waals surface area contributed by atoms with E-state index in [0.29, 0.717) is 6.54 Å². The Morgan fingerprint density at radius 2 is 1.82 bits per heavy atom. The van der Waals surface area contributed by atoms with E-state index in [1.807, 2.05) is 29.2 Å². The van der Waals surface area contributed by atoms with Gasteiger partial charge in [-0.15, -0.1) is 0 Å². The lowest BCUT2D eigenvalue weighted by molar-refractivity contribution is -0.129. The molecule has 1 aromatic carbocycles. The van der Waals surface area contributed by atoms with Crippen LogP contribution in [0.3, 0.4) is 0 Å². The molecule has 4 nitrogen and oxygen atoms in total. The van der Waals surface area contributed by atoms with Crippen LogP contribution in [0.15, 0.2) is 24.3 Å². The van der Waals surface area contributed by atoms with Crippen LogP contribution in [0.4, 0.5) is 5.69 Å². The van der Waals surface area contributed by atoms with Gasteiger partial charge in [-0.1, -0.05) is 19.8 Å². The van der Waals surface area contributed by atoms with Gasteiger partial charge in [0.15, 0.2) is 0 Å². The molecule has 22 heavy (non-hydrogen) atoms. The average Bonchev–Trinajstić information content (AvgIpc) is 2.83. The van der Waals surface area contributed by atoms with Crippen molar-refractivity contribution < 1.29 is 9.53 Å². The Labute approximate surface area is 133 Å². The molecular formula is C18H28N2O2. The van der Waals surface area contributed by atoms with Gasteiger partial charge in [0.25, 0.3) is 0 Å². The first-order valence-electron chi connectivity index (χ1n) is 8.47. The van der Waals surface area contributed by atoms with E-state index in [9.17, 15) is 4.79 Å². The summed E-state index contributed by atoms with van der Waals surface area (Å²) < 4.78 is 5.75. The van der Waals surface area contributed by atoms with E-state index in [-0.39, 0.29) is 12.0 Å². The predicted octanol–water partition coefficient (Wildman–Crippen LogP) is 3.68. The van der Waals surface area contributed by atoms with Gasteiger partial charge in [-0.25, -0.2) is 0 Å². The quantitative estimate of drug-likeness (QED) is 0.871. The highest BCUT2D eigenvalue weighted by Crippen LogP contribution is 2.17. The number of hydrogen-bond donors (Lipinski definition) is 1. The summed E-state index contributed by atoms with van der Waals surface area (Å²) in [6.45, 7) is 6.34. The van der Waals surface area contributed by atoms with Gasteiger partial charge in [-0.3, -0.25) is 4.79 Å². The van der Waals surface area contributed by atoms with E-state index in [0.717, 1.165) is 43.8 Å². The van der Waals surface area contributed by atoms with Crippen molar-refractivity contribution in [2.75, 3.05) is 25.0 Å². The van der Waals surface area contributed by atoms with E-state index in [2.05, 4.69) is 19.2 Å². The minimum atomic E-state index is 0.196. The van der Waals surface area contributed by atoms with E-state index in [1.165, 1.54) is 12.8 Å². The number of hydrogen-bond acceptors (Lipinski definition) is 3. The first-order chi connectivity index (χ1) is 10.7. The molecule has 1 saturated heterocycles. The van der Waals surface area contributed by atoms with Crippen molar-refractivity contribution in [3.8, 4) is 5.75 Å². The minimum absolute atomic E-state index is 0.196. The van der Waals surface area contributed by atoms with Gasteiger partial charge in [-0.05, 0) is 50.5 Å². The van der Waals surface area contributed by atoms with Crippen LogP contribution in [0.2, 0.25) is 0 Å². The van der Waals surface area contributed by atoms with Gasteiger partial charge in [0.1, 0.15) is 5.75 Å². The number of benzene rings is 1. The van der Waals surface area contributed by atoms with Crippen LogP contribution in [-0.4, -0.2) is 36.5 Å².